The van der Waals surface area contributed by atoms with Crippen molar-refractivity contribution in [3.8, 4) is 0 Å². The highest BCUT2D eigenvalue weighted by Gasteiger charge is 2.67. The van der Waals surface area contributed by atoms with Crippen LogP contribution < -0.4 is 0 Å². The number of cyclic esters (lactones) is 1. The summed E-state index contributed by atoms with van der Waals surface area (Å²) in [6.45, 7) is 6.95. The van der Waals surface area contributed by atoms with Crippen molar-refractivity contribution in [1.29, 1.82) is 0 Å². The molecule has 4 rings (SSSR count). The summed E-state index contributed by atoms with van der Waals surface area (Å²) >= 11 is 0. The number of ether oxygens (including phenoxy) is 1. The Morgan fingerprint density at radius 1 is 1.08 bits per heavy atom. The van der Waals surface area contributed by atoms with Crippen LogP contribution in [0.3, 0.4) is 0 Å². The van der Waals surface area contributed by atoms with Gasteiger partial charge in [-0.15, -0.1) is 0 Å². The summed E-state index contributed by atoms with van der Waals surface area (Å²) in [5.74, 6) is 0.0979. The van der Waals surface area contributed by atoms with Gasteiger partial charge in [-0.25, -0.2) is 0 Å². The first-order valence-corrected chi connectivity index (χ1v) is 9.57. The van der Waals surface area contributed by atoms with Crippen LogP contribution in [0.25, 0.3) is 0 Å². The van der Waals surface area contributed by atoms with E-state index in [1.54, 1.807) is 0 Å². The molecule has 24 heavy (non-hydrogen) atoms. The Labute approximate surface area is 144 Å². The predicted octanol–water partition coefficient (Wildman–Crippen LogP) is 4.03. The molecular formula is C20H30O4. The number of hydrogen-bond donors (Lipinski definition) is 1. The van der Waals surface area contributed by atoms with E-state index >= 15 is 0 Å². The van der Waals surface area contributed by atoms with Gasteiger partial charge in [-0.3, -0.25) is 9.59 Å². The fourth-order valence-corrected chi connectivity index (χ4v) is 7.50. The fourth-order valence-electron chi connectivity index (χ4n) is 7.50. The third-order valence-corrected chi connectivity index (χ3v) is 8.64. The Hall–Kier alpha value is -1.06. The Bertz CT molecular complexity index is 600. The number of carbonyl (C=O) groups is 2. The molecule has 134 valence electrons. The molecule has 4 aliphatic rings. The molecule has 0 aromatic rings. The molecule has 1 saturated heterocycles. The van der Waals surface area contributed by atoms with Gasteiger partial charge in [0.2, 0.25) is 0 Å². The highest BCUT2D eigenvalue weighted by atomic mass is 16.5. The van der Waals surface area contributed by atoms with E-state index in [0.29, 0.717) is 12.5 Å². The Morgan fingerprint density at radius 3 is 2.50 bits per heavy atom. The summed E-state index contributed by atoms with van der Waals surface area (Å²) in [5, 5.41) is 9.93. The number of rotatable bonds is 1. The first-order chi connectivity index (χ1) is 11.2. The van der Waals surface area contributed by atoms with E-state index in [-0.39, 0.29) is 28.1 Å². The Balaban J connectivity index is 1.74. The third-order valence-electron chi connectivity index (χ3n) is 8.64. The quantitative estimate of drug-likeness (QED) is 0.735. The van der Waals surface area contributed by atoms with E-state index in [1.807, 2.05) is 6.92 Å². The molecule has 1 spiro atoms. The molecule has 0 unspecified atom stereocenters. The van der Waals surface area contributed by atoms with Crippen molar-refractivity contribution in [3.05, 3.63) is 0 Å². The lowest BCUT2D eigenvalue weighted by molar-refractivity contribution is -0.225. The van der Waals surface area contributed by atoms with Crippen molar-refractivity contribution in [2.45, 2.75) is 72.1 Å². The summed E-state index contributed by atoms with van der Waals surface area (Å²) < 4.78 is 5.68. The summed E-state index contributed by atoms with van der Waals surface area (Å²) in [4.78, 5) is 24.3. The molecule has 4 nitrogen and oxygen atoms in total. The SMILES string of the molecule is C[C@@]12CC[C@H]3[C@@](CC[C@@H]4[C@@]3(C)CCC[C@@]4(C)C(=O)O)(COC1=O)C2. The number of fused-ring (bicyclic) bond motifs is 3. The van der Waals surface area contributed by atoms with Gasteiger partial charge in [0.15, 0.2) is 0 Å². The number of carboxylic acid groups (broad SMARTS) is 1. The zero-order chi connectivity index (χ0) is 17.4. The lowest BCUT2D eigenvalue weighted by atomic mass is 9.38. The van der Waals surface area contributed by atoms with Crippen molar-refractivity contribution in [2.75, 3.05) is 6.61 Å². The maximum atomic E-state index is 12.3. The van der Waals surface area contributed by atoms with Crippen molar-refractivity contribution < 1.29 is 19.4 Å². The molecule has 0 radical (unpaired) electrons. The van der Waals surface area contributed by atoms with Crippen LogP contribution in [0.1, 0.15) is 72.1 Å². The van der Waals surface area contributed by atoms with Crippen molar-refractivity contribution in [2.24, 2.45) is 33.5 Å². The van der Waals surface area contributed by atoms with Gasteiger partial charge in [0, 0.05) is 5.41 Å². The van der Waals surface area contributed by atoms with Gasteiger partial charge in [0.05, 0.1) is 17.4 Å². The van der Waals surface area contributed by atoms with E-state index in [1.165, 1.54) is 0 Å². The second kappa shape index (κ2) is 4.76. The van der Waals surface area contributed by atoms with Crippen LogP contribution in [0.2, 0.25) is 0 Å². The molecule has 0 aromatic heterocycles. The van der Waals surface area contributed by atoms with Gasteiger partial charge in [0.1, 0.15) is 0 Å². The largest absolute Gasteiger partial charge is 0.481 e. The first kappa shape index (κ1) is 16.4. The summed E-state index contributed by atoms with van der Waals surface area (Å²) in [6.07, 6.45) is 7.79. The van der Waals surface area contributed by atoms with Crippen LogP contribution in [-0.2, 0) is 14.3 Å². The van der Waals surface area contributed by atoms with Gasteiger partial charge in [-0.2, -0.15) is 0 Å². The minimum absolute atomic E-state index is 0.0159. The molecule has 3 aliphatic carbocycles. The standard InChI is InChI=1S/C20H30O4/c1-17-9-5-14-18(2)7-4-8-19(3,15(21)22)13(18)6-10-20(14,11-17)12-24-16(17)23/h13-14H,4-12H2,1-3H3,(H,21,22)/t13-,14-,17+,18-,19-,20-/m1/s1. The van der Waals surface area contributed by atoms with Crippen LogP contribution >= 0.6 is 0 Å². The van der Waals surface area contributed by atoms with Crippen molar-refractivity contribution >= 4 is 11.9 Å². The van der Waals surface area contributed by atoms with Crippen LogP contribution in [-0.4, -0.2) is 23.7 Å². The molecule has 0 amide bonds. The average Bonchev–Trinajstić information content (AvgIpc) is 2.50. The molecule has 3 saturated carbocycles. The second-order valence-electron chi connectivity index (χ2n) is 9.94. The Morgan fingerprint density at radius 2 is 1.79 bits per heavy atom. The van der Waals surface area contributed by atoms with Gasteiger partial charge >= 0.3 is 11.9 Å². The molecular weight excluding hydrogens is 304 g/mol. The van der Waals surface area contributed by atoms with Crippen LogP contribution in [0.5, 0.6) is 0 Å². The molecule has 6 atom stereocenters. The van der Waals surface area contributed by atoms with E-state index < -0.39 is 11.4 Å². The van der Waals surface area contributed by atoms with Crippen LogP contribution in [0.15, 0.2) is 0 Å². The lowest BCUT2D eigenvalue weighted by Gasteiger charge is -2.66. The molecule has 0 aromatic carbocycles. The molecule has 4 heteroatoms. The van der Waals surface area contributed by atoms with Gasteiger partial charge in [-0.05, 0) is 76.0 Å². The lowest BCUT2D eigenvalue weighted by Crippen LogP contribution is -2.63. The van der Waals surface area contributed by atoms with E-state index in [9.17, 15) is 14.7 Å². The molecule has 1 aliphatic heterocycles. The summed E-state index contributed by atoms with van der Waals surface area (Å²) in [7, 11) is 0. The number of carbonyl (C=O) groups excluding carboxylic acids is 1. The zero-order valence-corrected chi connectivity index (χ0v) is 15.2. The number of carboxylic acids is 1. The minimum Gasteiger partial charge on any atom is -0.481 e. The van der Waals surface area contributed by atoms with E-state index in [2.05, 4.69) is 13.8 Å². The summed E-state index contributed by atoms with van der Waals surface area (Å²) in [6, 6.07) is 0. The zero-order valence-electron chi connectivity index (χ0n) is 15.2. The van der Waals surface area contributed by atoms with Crippen LogP contribution in [0.4, 0.5) is 0 Å². The first-order valence-electron chi connectivity index (χ1n) is 9.57. The highest BCUT2D eigenvalue weighted by molar-refractivity contribution is 5.78. The topological polar surface area (TPSA) is 63.6 Å². The molecule has 2 bridgehead atoms. The van der Waals surface area contributed by atoms with E-state index in [4.69, 9.17) is 4.74 Å². The second-order valence-corrected chi connectivity index (χ2v) is 9.94. The van der Waals surface area contributed by atoms with Gasteiger partial charge in [-0.1, -0.05) is 13.3 Å². The number of esters is 1. The maximum absolute atomic E-state index is 12.3. The van der Waals surface area contributed by atoms with Crippen molar-refractivity contribution in [3.63, 3.8) is 0 Å². The predicted molar refractivity (Wildman–Crippen MR) is 89.3 cm³/mol. The number of aliphatic carboxylic acids is 1. The highest BCUT2D eigenvalue weighted by Crippen LogP contribution is 2.70. The molecule has 4 fully saturated rings. The molecule has 1 heterocycles. The normalized spacial score (nSPS) is 53.5. The third kappa shape index (κ3) is 1.86. The minimum atomic E-state index is -0.620. The van der Waals surface area contributed by atoms with Gasteiger partial charge in [0.25, 0.3) is 0 Å². The van der Waals surface area contributed by atoms with Crippen LogP contribution in [0, 0.1) is 33.5 Å². The van der Waals surface area contributed by atoms with Crippen molar-refractivity contribution in [1.82, 2.24) is 0 Å². The smallest absolute Gasteiger partial charge is 0.311 e. The monoisotopic (exact) mass is 334 g/mol. The van der Waals surface area contributed by atoms with E-state index in [0.717, 1.165) is 51.4 Å². The maximum Gasteiger partial charge on any atom is 0.311 e. The Kier molecular flexibility index (Phi) is 3.26. The number of hydrogen-bond acceptors (Lipinski definition) is 3. The molecule has 1 N–H and O–H groups in total. The average molecular weight is 334 g/mol. The fraction of sp³-hybridized carbons (Fsp3) is 0.900. The van der Waals surface area contributed by atoms with Gasteiger partial charge < -0.3 is 9.84 Å². The summed E-state index contributed by atoms with van der Waals surface area (Å²) in [5.41, 5.74) is -0.763.